The predicted molar refractivity (Wildman–Crippen MR) is 62.9 cm³/mol. The van der Waals surface area contributed by atoms with Crippen LogP contribution in [-0.4, -0.2) is 71.0 Å². The average molecular weight is 334 g/mol. The smallest absolute Gasteiger partial charge is 0.380 e. The molecule has 0 radical (unpaired) electrons. The Labute approximate surface area is 122 Å². The summed E-state index contributed by atoms with van der Waals surface area (Å²) in [6, 6.07) is -0.833. The van der Waals surface area contributed by atoms with E-state index in [1.165, 1.54) is 4.90 Å². The van der Waals surface area contributed by atoms with Crippen molar-refractivity contribution in [2.45, 2.75) is 43.3 Å². The van der Waals surface area contributed by atoms with Gasteiger partial charge in [-0.05, 0) is 19.3 Å². The Balaban J connectivity index is 1.94. The number of rotatable bonds is 2. The summed E-state index contributed by atoms with van der Waals surface area (Å²) >= 11 is 0. The van der Waals surface area contributed by atoms with Gasteiger partial charge in [0.15, 0.2) is 5.60 Å². The van der Waals surface area contributed by atoms with Gasteiger partial charge < -0.3 is 10.0 Å². The molecule has 2 rings (SSSR count). The molecule has 1 amide bonds. The van der Waals surface area contributed by atoms with E-state index in [2.05, 4.69) is 0 Å². The van der Waals surface area contributed by atoms with Gasteiger partial charge in [0, 0.05) is 19.6 Å². The molecule has 0 aromatic heterocycles. The zero-order valence-electron chi connectivity index (χ0n) is 11.5. The van der Waals surface area contributed by atoms with Crippen LogP contribution in [0.4, 0.5) is 26.3 Å². The van der Waals surface area contributed by atoms with Crippen LogP contribution in [0.1, 0.15) is 19.3 Å². The molecule has 0 bridgehead atoms. The number of piperidine rings is 1. The minimum atomic E-state index is -4.75. The SMILES string of the molecule is O=C1C(N2CCC(O)(C(F)(F)F)CC2)CCN1CC(F)(F)F. The van der Waals surface area contributed by atoms with Gasteiger partial charge in [-0.1, -0.05) is 0 Å². The molecule has 1 atom stereocenters. The van der Waals surface area contributed by atoms with Crippen molar-refractivity contribution in [3.8, 4) is 0 Å². The summed E-state index contributed by atoms with van der Waals surface area (Å²) in [5, 5.41) is 9.54. The van der Waals surface area contributed by atoms with Crippen molar-refractivity contribution in [3.63, 3.8) is 0 Å². The fourth-order valence-electron chi connectivity index (χ4n) is 2.92. The predicted octanol–water partition coefficient (Wildman–Crippen LogP) is 1.54. The molecular weight excluding hydrogens is 318 g/mol. The second-order valence-corrected chi connectivity index (χ2v) is 5.74. The molecular formula is C12H16F6N2O2. The van der Waals surface area contributed by atoms with Crippen LogP contribution in [0.2, 0.25) is 0 Å². The fourth-order valence-corrected chi connectivity index (χ4v) is 2.92. The Bertz CT molecular complexity index is 428. The van der Waals surface area contributed by atoms with Crippen molar-refractivity contribution in [2.24, 2.45) is 0 Å². The van der Waals surface area contributed by atoms with Crippen LogP contribution in [0.5, 0.6) is 0 Å². The largest absolute Gasteiger partial charge is 0.417 e. The molecule has 2 aliphatic heterocycles. The van der Waals surface area contributed by atoms with Crippen molar-refractivity contribution in [2.75, 3.05) is 26.2 Å². The van der Waals surface area contributed by atoms with E-state index >= 15 is 0 Å². The Kier molecular flexibility index (Phi) is 4.37. The van der Waals surface area contributed by atoms with Crippen molar-refractivity contribution >= 4 is 5.91 Å². The maximum Gasteiger partial charge on any atom is 0.417 e. The fraction of sp³-hybridized carbons (Fsp3) is 0.917. The van der Waals surface area contributed by atoms with Crippen molar-refractivity contribution in [1.82, 2.24) is 9.80 Å². The second kappa shape index (κ2) is 5.55. The number of carbonyl (C=O) groups is 1. The Morgan fingerprint density at radius 1 is 1.09 bits per heavy atom. The lowest BCUT2D eigenvalue weighted by molar-refractivity contribution is -0.273. The normalized spacial score (nSPS) is 27.5. The summed E-state index contributed by atoms with van der Waals surface area (Å²) in [6.45, 7) is -1.76. The molecule has 2 aliphatic rings. The minimum Gasteiger partial charge on any atom is -0.380 e. The van der Waals surface area contributed by atoms with E-state index in [4.69, 9.17) is 0 Å². The molecule has 1 unspecified atom stereocenters. The topological polar surface area (TPSA) is 43.8 Å². The molecule has 0 aromatic rings. The van der Waals surface area contributed by atoms with Gasteiger partial charge in [0.2, 0.25) is 5.91 Å². The van der Waals surface area contributed by atoms with Crippen LogP contribution in [-0.2, 0) is 4.79 Å². The highest BCUT2D eigenvalue weighted by Crippen LogP contribution is 2.39. The zero-order valence-corrected chi connectivity index (χ0v) is 11.5. The van der Waals surface area contributed by atoms with Gasteiger partial charge in [0.1, 0.15) is 6.54 Å². The van der Waals surface area contributed by atoms with Gasteiger partial charge in [0.25, 0.3) is 0 Å². The number of carbonyl (C=O) groups excluding carboxylic acids is 1. The van der Waals surface area contributed by atoms with Crippen LogP contribution < -0.4 is 0 Å². The lowest BCUT2D eigenvalue weighted by Gasteiger charge is -2.40. The molecule has 1 N–H and O–H groups in total. The van der Waals surface area contributed by atoms with Crippen LogP contribution in [0.25, 0.3) is 0 Å². The summed E-state index contributed by atoms with van der Waals surface area (Å²) in [6.07, 6.45) is -10.3. The van der Waals surface area contributed by atoms with E-state index in [1.807, 2.05) is 0 Å². The number of likely N-dealkylation sites (tertiary alicyclic amines) is 2. The van der Waals surface area contributed by atoms with E-state index in [0.29, 0.717) is 4.90 Å². The maximum atomic E-state index is 12.7. The molecule has 0 aromatic carbocycles. The first-order valence-corrected chi connectivity index (χ1v) is 6.82. The molecule has 0 spiro atoms. The summed E-state index contributed by atoms with van der Waals surface area (Å²) in [7, 11) is 0. The lowest BCUT2D eigenvalue weighted by atomic mass is 9.90. The third kappa shape index (κ3) is 3.48. The second-order valence-electron chi connectivity index (χ2n) is 5.74. The van der Waals surface area contributed by atoms with Crippen LogP contribution >= 0.6 is 0 Å². The molecule has 4 nitrogen and oxygen atoms in total. The van der Waals surface area contributed by atoms with Crippen molar-refractivity contribution in [1.29, 1.82) is 0 Å². The Hall–Kier alpha value is -1.03. The van der Waals surface area contributed by atoms with E-state index in [9.17, 15) is 36.2 Å². The van der Waals surface area contributed by atoms with E-state index < -0.39 is 49.3 Å². The Morgan fingerprint density at radius 3 is 2.09 bits per heavy atom. The summed E-state index contributed by atoms with van der Waals surface area (Å²) in [5.41, 5.74) is -2.78. The first-order valence-electron chi connectivity index (χ1n) is 6.82. The van der Waals surface area contributed by atoms with Gasteiger partial charge in [-0.15, -0.1) is 0 Å². The highest BCUT2D eigenvalue weighted by molar-refractivity contribution is 5.84. The molecule has 128 valence electrons. The van der Waals surface area contributed by atoms with Gasteiger partial charge in [-0.2, -0.15) is 26.3 Å². The minimum absolute atomic E-state index is 0.0664. The molecule has 0 aliphatic carbocycles. The number of halogens is 6. The van der Waals surface area contributed by atoms with Crippen LogP contribution in [0.3, 0.4) is 0 Å². The highest BCUT2D eigenvalue weighted by Gasteiger charge is 2.55. The standard InChI is InChI=1S/C12H16F6N2O2/c13-11(14,15)7-20-4-1-8(9(20)21)19-5-2-10(22,3-6-19)12(16,17)18/h8,22H,1-7H2. The summed E-state index contributed by atoms with van der Waals surface area (Å²) in [4.78, 5) is 14.0. The van der Waals surface area contributed by atoms with Crippen molar-refractivity contribution in [3.05, 3.63) is 0 Å². The molecule has 2 fully saturated rings. The maximum absolute atomic E-state index is 12.7. The Morgan fingerprint density at radius 2 is 1.64 bits per heavy atom. The number of hydrogen-bond donors (Lipinski definition) is 1. The average Bonchev–Trinajstić information content (AvgIpc) is 2.69. The summed E-state index contributed by atoms with van der Waals surface area (Å²) < 4.78 is 75.0. The zero-order chi connectivity index (χ0) is 16.8. The van der Waals surface area contributed by atoms with Gasteiger partial charge in [-0.3, -0.25) is 9.69 Å². The monoisotopic (exact) mass is 334 g/mol. The quantitative estimate of drug-likeness (QED) is 0.779. The molecule has 0 saturated carbocycles. The number of aliphatic hydroxyl groups is 1. The van der Waals surface area contributed by atoms with E-state index in [0.717, 1.165) is 0 Å². The molecule has 22 heavy (non-hydrogen) atoms. The third-order valence-corrected chi connectivity index (χ3v) is 4.23. The third-order valence-electron chi connectivity index (χ3n) is 4.23. The number of amides is 1. The van der Waals surface area contributed by atoms with Gasteiger partial charge >= 0.3 is 12.4 Å². The van der Waals surface area contributed by atoms with Crippen LogP contribution in [0.15, 0.2) is 0 Å². The van der Waals surface area contributed by atoms with Crippen molar-refractivity contribution < 1.29 is 36.2 Å². The van der Waals surface area contributed by atoms with E-state index in [-0.39, 0.29) is 26.1 Å². The first-order chi connectivity index (χ1) is 9.93. The van der Waals surface area contributed by atoms with Crippen LogP contribution in [0, 0.1) is 0 Å². The first kappa shape index (κ1) is 17.3. The number of hydrogen-bond acceptors (Lipinski definition) is 3. The molecule has 2 heterocycles. The number of alkyl halides is 6. The van der Waals surface area contributed by atoms with Gasteiger partial charge in [0.05, 0.1) is 6.04 Å². The molecule has 10 heteroatoms. The molecule has 2 saturated heterocycles. The van der Waals surface area contributed by atoms with Gasteiger partial charge in [-0.25, -0.2) is 0 Å². The summed E-state index contributed by atoms with van der Waals surface area (Å²) in [5.74, 6) is -0.713. The van der Waals surface area contributed by atoms with E-state index in [1.54, 1.807) is 0 Å². The highest BCUT2D eigenvalue weighted by atomic mass is 19.4. The number of nitrogens with zero attached hydrogens (tertiary/aromatic N) is 2. The lowest BCUT2D eigenvalue weighted by Crippen LogP contribution is -2.56.